The van der Waals surface area contributed by atoms with Gasteiger partial charge in [-0.1, -0.05) is 0 Å². The second-order valence-corrected chi connectivity index (χ2v) is 4.01. The molecule has 1 aromatic rings. The summed E-state index contributed by atoms with van der Waals surface area (Å²) in [5.74, 6) is 0. The molecule has 0 radical (unpaired) electrons. The maximum Gasteiger partial charge on any atom is 0.0665 e. The zero-order valence-electron chi connectivity index (χ0n) is 7.66. The Bertz CT molecular complexity index is 267. The van der Waals surface area contributed by atoms with E-state index >= 15 is 0 Å². The molecule has 0 aliphatic carbocycles. The molecule has 0 atom stereocenters. The minimum atomic E-state index is 1.07. The third kappa shape index (κ3) is 2.14. The number of aromatic nitrogens is 1. The highest BCUT2D eigenvalue weighted by atomic mass is 32.2. The SMILES string of the molecule is Cc1ccc(N2CCCNS2)cn1. The molecule has 2 rings (SSSR count). The van der Waals surface area contributed by atoms with Gasteiger partial charge in [-0.2, -0.15) is 0 Å². The van der Waals surface area contributed by atoms with Gasteiger partial charge in [0.25, 0.3) is 0 Å². The number of aryl methyl sites for hydroxylation is 1. The van der Waals surface area contributed by atoms with Crippen LogP contribution < -0.4 is 9.03 Å². The Labute approximate surface area is 82.8 Å². The fourth-order valence-corrected chi connectivity index (χ4v) is 2.08. The number of rotatable bonds is 1. The first kappa shape index (κ1) is 8.84. The Kier molecular flexibility index (Phi) is 2.71. The van der Waals surface area contributed by atoms with Crippen molar-refractivity contribution in [3.05, 3.63) is 24.0 Å². The Morgan fingerprint density at radius 1 is 1.54 bits per heavy atom. The van der Waals surface area contributed by atoms with Gasteiger partial charge in [-0.25, -0.2) is 4.72 Å². The third-order valence-corrected chi connectivity index (χ3v) is 2.95. The molecule has 0 unspecified atom stereocenters. The summed E-state index contributed by atoms with van der Waals surface area (Å²) >= 11 is 1.67. The van der Waals surface area contributed by atoms with E-state index in [1.165, 1.54) is 12.1 Å². The van der Waals surface area contributed by atoms with Crippen LogP contribution in [0, 0.1) is 6.92 Å². The van der Waals surface area contributed by atoms with Gasteiger partial charge in [0.1, 0.15) is 0 Å². The van der Waals surface area contributed by atoms with Crippen LogP contribution in [0.4, 0.5) is 5.69 Å². The lowest BCUT2D eigenvalue weighted by Crippen LogP contribution is -2.29. The van der Waals surface area contributed by atoms with Gasteiger partial charge in [-0.3, -0.25) is 4.98 Å². The molecule has 1 saturated heterocycles. The minimum absolute atomic E-state index is 1.07. The van der Waals surface area contributed by atoms with Crippen LogP contribution in [0.2, 0.25) is 0 Å². The molecule has 1 fully saturated rings. The van der Waals surface area contributed by atoms with Crippen molar-refractivity contribution in [2.45, 2.75) is 13.3 Å². The number of pyridine rings is 1. The van der Waals surface area contributed by atoms with E-state index < -0.39 is 0 Å². The average Bonchev–Trinajstić information content (AvgIpc) is 2.20. The largest absolute Gasteiger partial charge is 0.302 e. The topological polar surface area (TPSA) is 28.2 Å². The van der Waals surface area contributed by atoms with Crippen LogP contribution in [0.5, 0.6) is 0 Å². The molecule has 0 amide bonds. The zero-order chi connectivity index (χ0) is 9.10. The molecule has 0 saturated carbocycles. The fourth-order valence-electron chi connectivity index (χ4n) is 1.25. The van der Waals surface area contributed by atoms with Crippen LogP contribution in [-0.4, -0.2) is 18.1 Å². The van der Waals surface area contributed by atoms with Crippen LogP contribution >= 0.6 is 12.1 Å². The highest BCUT2D eigenvalue weighted by Gasteiger charge is 2.11. The van der Waals surface area contributed by atoms with Gasteiger partial charge in [0.2, 0.25) is 0 Å². The highest BCUT2D eigenvalue weighted by Crippen LogP contribution is 2.22. The summed E-state index contributed by atoms with van der Waals surface area (Å²) < 4.78 is 5.49. The normalized spacial score (nSPS) is 17.5. The first-order chi connectivity index (χ1) is 6.36. The molecule has 1 N–H and O–H groups in total. The van der Waals surface area contributed by atoms with Crippen molar-refractivity contribution >= 4 is 17.8 Å². The summed E-state index contributed by atoms with van der Waals surface area (Å²) in [4.78, 5) is 4.27. The van der Waals surface area contributed by atoms with E-state index in [-0.39, 0.29) is 0 Å². The first-order valence-corrected chi connectivity index (χ1v) is 5.23. The van der Waals surface area contributed by atoms with Gasteiger partial charge in [0.05, 0.1) is 11.9 Å². The summed E-state index contributed by atoms with van der Waals surface area (Å²) in [7, 11) is 0. The number of nitrogens with zero attached hydrogens (tertiary/aromatic N) is 2. The van der Waals surface area contributed by atoms with Crippen molar-refractivity contribution in [2.24, 2.45) is 0 Å². The van der Waals surface area contributed by atoms with Crippen LogP contribution in [0.3, 0.4) is 0 Å². The van der Waals surface area contributed by atoms with E-state index in [0.29, 0.717) is 0 Å². The maximum absolute atomic E-state index is 4.27. The van der Waals surface area contributed by atoms with E-state index in [1.807, 2.05) is 19.2 Å². The Morgan fingerprint density at radius 3 is 3.08 bits per heavy atom. The minimum Gasteiger partial charge on any atom is -0.302 e. The third-order valence-electron chi connectivity index (χ3n) is 2.00. The molecular formula is C9H13N3S. The van der Waals surface area contributed by atoms with Crippen LogP contribution in [0.15, 0.2) is 18.3 Å². The number of hydrogen-bond acceptors (Lipinski definition) is 4. The van der Waals surface area contributed by atoms with E-state index in [2.05, 4.69) is 20.1 Å². The highest BCUT2D eigenvalue weighted by molar-refractivity contribution is 7.98. The Hall–Kier alpha value is -0.740. The molecule has 1 aromatic heterocycles. The van der Waals surface area contributed by atoms with Crippen molar-refractivity contribution in [1.82, 2.24) is 9.71 Å². The molecule has 4 heteroatoms. The van der Waals surface area contributed by atoms with Crippen molar-refractivity contribution in [2.75, 3.05) is 17.4 Å². The van der Waals surface area contributed by atoms with Gasteiger partial charge in [0.15, 0.2) is 0 Å². The lowest BCUT2D eigenvalue weighted by atomic mass is 10.3. The predicted molar refractivity (Wildman–Crippen MR) is 56.5 cm³/mol. The van der Waals surface area contributed by atoms with Gasteiger partial charge in [0, 0.05) is 30.9 Å². The number of hydrogen-bond donors (Lipinski definition) is 1. The average molecular weight is 195 g/mol. The van der Waals surface area contributed by atoms with E-state index in [1.54, 1.807) is 12.1 Å². The van der Waals surface area contributed by atoms with Crippen LogP contribution in [-0.2, 0) is 0 Å². The lowest BCUT2D eigenvalue weighted by molar-refractivity contribution is 0.776. The van der Waals surface area contributed by atoms with Gasteiger partial charge in [-0.15, -0.1) is 0 Å². The molecule has 1 aliphatic rings. The van der Waals surface area contributed by atoms with Gasteiger partial charge >= 0.3 is 0 Å². The molecular weight excluding hydrogens is 182 g/mol. The molecule has 2 heterocycles. The molecule has 0 spiro atoms. The van der Waals surface area contributed by atoms with Crippen LogP contribution in [0.25, 0.3) is 0 Å². The first-order valence-electron chi connectivity index (χ1n) is 4.46. The zero-order valence-corrected chi connectivity index (χ0v) is 8.47. The molecule has 70 valence electrons. The standard InChI is InChI=1S/C9H13N3S/c1-8-3-4-9(7-10-8)12-6-2-5-11-13-12/h3-4,7,11H,2,5-6H2,1H3. The molecule has 1 aliphatic heterocycles. The Balaban J connectivity index is 2.10. The van der Waals surface area contributed by atoms with Crippen molar-refractivity contribution < 1.29 is 0 Å². The lowest BCUT2D eigenvalue weighted by Gasteiger charge is -2.26. The van der Waals surface area contributed by atoms with Crippen molar-refractivity contribution in [3.63, 3.8) is 0 Å². The monoisotopic (exact) mass is 195 g/mol. The van der Waals surface area contributed by atoms with E-state index in [4.69, 9.17) is 0 Å². The van der Waals surface area contributed by atoms with E-state index in [0.717, 1.165) is 18.8 Å². The second kappa shape index (κ2) is 3.98. The molecule has 0 aromatic carbocycles. The summed E-state index contributed by atoms with van der Waals surface area (Å²) in [6.45, 7) is 4.20. The molecule has 3 nitrogen and oxygen atoms in total. The Morgan fingerprint density at radius 2 is 2.46 bits per heavy atom. The smallest absolute Gasteiger partial charge is 0.0665 e. The quantitative estimate of drug-likeness (QED) is 0.691. The predicted octanol–water partition coefficient (Wildman–Crippen LogP) is 1.75. The second-order valence-electron chi connectivity index (χ2n) is 3.10. The fraction of sp³-hybridized carbons (Fsp3) is 0.444. The maximum atomic E-state index is 4.27. The van der Waals surface area contributed by atoms with Gasteiger partial charge < -0.3 is 4.31 Å². The molecule has 0 bridgehead atoms. The van der Waals surface area contributed by atoms with Crippen molar-refractivity contribution in [1.29, 1.82) is 0 Å². The van der Waals surface area contributed by atoms with E-state index in [9.17, 15) is 0 Å². The van der Waals surface area contributed by atoms with Crippen LogP contribution in [0.1, 0.15) is 12.1 Å². The summed E-state index contributed by atoms with van der Waals surface area (Å²) in [6.07, 6.45) is 3.12. The van der Waals surface area contributed by atoms with Crippen molar-refractivity contribution in [3.8, 4) is 0 Å². The van der Waals surface area contributed by atoms with Gasteiger partial charge in [-0.05, 0) is 25.5 Å². The number of anilines is 1. The summed E-state index contributed by atoms with van der Waals surface area (Å²) in [6, 6.07) is 4.16. The summed E-state index contributed by atoms with van der Waals surface area (Å²) in [5, 5.41) is 0. The number of nitrogens with one attached hydrogen (secondary N) is 1. The summed E-state index contributed by atoms with van der Waals surface area (Å²) in [5.41, 5.74) is 2.25. The molecule has 13 heavy (non-hydrogen) atoms.